The second kappa shape index (κ2) is 5.50. The maximum absolute atomic E-state index is 11.4. The largest absolute Gasteiger partial charge is 0.336 e. The van der Waals surface area contributed by atoms with Crippen molar-refractivity contribution in [2.75, 3.05) is 45.8 Å². The minimum absolute atomic E-state index is 0.100. The molecule has 0 radical (unpaired) electrons. The summed E-state index contributed by atoms with van der Waals surface area (Å²) in [5, 5.41) is 6.14. The molecule has 0 unspecified atom stereocenters. The van der Waals surface area contributed by atoms with Gasteiger partial charge in [-0.3, -0.25) is 4.90 Å². The Morgan fingerprint density at radius 3 is 2.75 bits per heavy atom. The molecule has 5 nitrogen and oxygen atoms in total. The molecule has 5 heteroatoms. The van der Waals surface area contributed by atoms with Crippen LogP contribution in [0, 0.1) is 0 Å². The predicted molar refractivity (Wildman–Crippen MR) is 63.5 cm³/mol. The second-order valence-electron chi connectivity index (χ2n) is 4.57. The SMILES string of the molecule is CCCN(CCN1CCNC1=O)C1CNC1. The van der Waals surface area contributed by atoms with Crippen LogP contribution >= 0.6 is 0 Å². The maximum atomic E-state index is 11.4. The van der Waals surface area contributed by atoms with Crippen LogP contribution in [-0.4, -0.2) is 67.7 Å². The number of urea groups is 1. The highest BCUT2D eigenvalue weighted by Crippen LogP contribution is 2.07. The highest BCUT2D eigenvalue weighted by Gasteiger charge is 2.25. The van der Waals surface area contributed by atoms with E-state index in [0.717, 1.165) is 45.8 Å². The Morgan fingerprint density at radius 1 is 1.44 bits per heavy atom. The summed E-state index contributed by atoms with van der Waals surface area (Å²) in [5.41, 5.74) is 0. The van der Waals surface area contributed by atoms with E-state index in [-0.39, 0.29) is 6.03 Å². The maximum Gasteiger partial charge on any atom is 0.317 e. The van der Waals surface area contributed by atoms with Gasteiger partial charge in [0.2, 0.25) is 0 Å². The lowest BCUT2D eigenvalue weighted by atomic mass is 10.1. The van der Waals surface area contributed by atoms with Crippen molar-refractivity contribution in [1.29, 1.82) is 0 Å². The minimum Gasteiger partial charge on any atom is -0.336 e. The van der Waals surface area contributed by atoms with Crippen LogP contribution in [0.2, 0.25) is 0 Å². The van der Waals surface area contributed by atoms with Gasteiger partial charge in [0.15, 0.2) is 0 Å². The molecule has 2 amide bonds. The number of nitrogens with one attached hydrogen (secondary N) is 2. The molecule has 2 fully saturated rings. The molecule has 2 rings (SSSR count). The first-order valence-corrected chi connectivity index (χ1v) is 6.29. The molecule has 2 aliphatic heterocycles. The Balaban J connectivity index is 1.74. The molecule has 2 N–H and O–H groups in total. The average Bonchev–Trinajstić information content (AvgIpc) is 2.58. The first-order valence-electron chi connectivity index (χ1n) is 6.29. The van der Waals surface area contributed by atoms with E-state index in [4.69, 9.17) is 0 Å². The van der Waals surface area contributed by atoms with Crippen LogP contribution in [0.15, 0.2) is 0 Å². The predicted octanol–water partition coefficient (Wildman–Crippen LogP) is -0.305. The Labute approximate surface area is 97.2 Å². The van der Waals surface area contributed by atoms with Crippen molar-refractivity contribution in [3.8, 4) is 0 Å². The Kier molecular flexibility index (Phi) is 4.01. The zero-order chi connectivity index (χ0) is 11.4. The van der Waals surface area contributed by atoms with Gasteiger partial charge in [-0.1, -0.05) is 6.92 Å². The number of carbonyl (C=O) groups is 1. The summed E-state index contributed by atoms with van der Waals surface area (Å²) in [6, 6.07) is 0.786. The molecule has 92 valence electrons. The lowest BCUT2D eigenvalue weighted by Crippen LogP contribution is -2.58. The fraction of sp³-hybridized carbons (Fsp3) is 0.909. The first kappa shape index (κ1) is 11.7. The van der Waals surface area contributed by atoms with Crippen molar-refractivity contribution >= 4 is 6.03 Å². The Hall–Kier alpha value is -0.810. The normalized spacial score (nSPS) is 21.4. The fourth-order valence-electron chi connectivity index (χ4n) is 2.27. The molecule has 0 aliphatic carbocycles. The molecule has 2 saturated heterocycles. The molecule has 16 heavy (non-hydrogen) atoms. The lowest BCUT2D eigenvalue weighted by molar-refractivity contribution is 0.132. The topological polar surface area (TPSA) is 47.6 Å². The number of nitrogens with zero attached hydrogens (tertiary/aromatic N) is 2. The van der Waals surface area contributed by atoms with Crippen LogP contribution in [0.25, 0.3) is 0 Å². The van der Waals surface area contributed by atoms with E-state index in [1.54, 1.807) is 0 Å². The summed E-state index contributed by atoms with van der Waals surface area (Å²) in [6.07, 6.45) is 1.18. The number of carbonyl (C=O) groups excluding carboxylic acids is 1. The van der Waals surface area contributed by atoms with Gasteiger partial charge in [-0.15, -0.1) is 0 Å². The third kappa shape index (κ3) is 2.65. The van der Waals surface area contributed by atoms with Gasteiger partial charge in [0.1, 0.15) is 0 Å². The van der Waals surface area contributed by atoms with E-state index in [1.807, 2.05) is 4.90 Å². The molecule has 0 aromatic carbocycles. The lowest BCUT2D eigenvalue weighted by Gasteiger charge is -2.38. The number of hydrogen-bond donors (Lipinski definition) is 2. The van der Waals surface area contributed by atoms with Gasteiger partial charge < -0.3 is 15.5 Å². The summed E-state index contributed by atoms with van der Waals surface area (Å²) in [6.45, 7) is 9.09. The van der Waals surface area contributed by atoms with Crippen LogP contribution in [-0.2, 0) is 0 Å². The van der Waals surface area contributed by atoms with Crippen molar-refractivity contribution in [2.45, 2.75) is 19.4 Å². The number of rotatable bonds is 6. The summed E-state index contributed by atoms with van der Waals surface area (Å²) in [5.74, 6) is 0. The molecule has 0 aromatic rings. The monoisotopic (exact) mass is 226 g/mol. The van der Waals surface area contributed by atoms with E-state index in [2.05, 4.69) is 22.5 Å². The molecule has 0 spiro atoms. The van der Waals surface area contributed by atoms with E-state index >= 15 is 0 Å². The Bertz CT molecular complexity index is 242. The summed E-state index contributed by atoms with van der Waals surface area (Å²) in [7, 11) is 0. The number of hydrogen-bond acceptors (Lipinski definition) is 3. The molecular weight excluding hydrogens is 204 g/mol. The van der Waals surface area contributed by atoms with Crippen LogP contribution in [0.4, 0.5) is 4.79 Å². The standard InChI is InChI=1S/C11H22N4O/c1-2-4-14(10-8-12-9-10)6-7-15-5-3-13-11(15)16/h10,12H,2-9H2,1H3,(H,13,16). The Morgan fingerprint density at radius 2 is 2.25 bits per heavy atom. The van der Waals surface area contributed by atoms with Crippen molar-refractivity contribution in [2.24, 2.45) is 0 Å². The van der Waals surface area contributed by atoms with Gasteiger partial charge in [0.25, 0.3) is 0 Å². The van der Waals surface area contributed by atoms with Gasteiger partial charge in [0, 0.05) is 45.3 Å². The van der Waals surface area contributed by atoms with Gasteiger partial charge in [-0.2, -0.15) is 0 Å². The fourth-order valence-corrected chi connectivity index (χ4v) is 2.27. The van der Waals surface area contributed by atoms with Gasteiger partial charge >= 0.3 is 6.03 Å². The van der Waals surface area contributed by atoms with E-state index < -0.39 is 0 Å². The van der Waals surface area contributed by atoms with Crippen molar-refractivity contribution in [1.82, 2.24) is 20.4 Å². The molecule has 0 bridgehead atoms. The molecule has 0 aromatic heterocycles. The van der Waals surface area contributed by atoms with Gasteiger partial charge in [-0.05, 0) is 13.0 Å². The number of amides is 2. The highest BCUT2D eigenvalue weighted by molar-refractivity contribution is 5.76. The zero-order valence-electron chi connectivity index (χ0n) is 10.0. The third-order valence-electron chi connectivity index (χ3n) is 3.39. The summed E-state index contributed by atoms with van der Waals surface area (Å²) < 4.78 is 0. The van der Waals surface area contributed by atoms with Crippen LogP contribution in [0.5, 0.6) is 0 Å². The van der Waals surface area contributed by atoms with Crippen molar-refractivity contribution in [3.05, 3.63) is 0 Å². The first-order chi connectivity index (χ1) is 7.81. The van der Waals surface area contributed by atoms with Crippen molar-refractivity contribution in [3.63, 3.8) is 0 Å². The van der Waals surface area contributed by atoms with Crippen molar-refractivity contribution < 1.29 is 4.79 Å². The molecule has 0 saturated carbocycles. The molecule has 2 aliphatic rings. The van der Waals surface area contributed by atoms with Gasteiger partial charge in [0.05, 0.1) is 0 Å². The smallest absolute Gasteiger partial charge is 0.317 e. The van der Waals surface area contributed by atoms with E-state index in [0.29, 0.717) is 6.04 Å². The summed E-state index contributed by atoms with van der Waals surface area (Å²) in [4.78, 5) is 15.8. The second-order valence-corrected chi connectivity index (χ2v) is 4.57. The van der Waals surface area contributed by atoms with Gasteiger partial charge in [-0.25, -0.2) is 4.79 Å². The van der Waals surface area contributed by atoms with E-state index in [1.165, 1.54) is 6.42 Å². The van der Waals surface area contributed by atoms with Crippen LogP contribution < -0.4 is 10.6 Å². The molecular formula is C11H22N4O. The third-order valence-corrected chi connectivity index (χ3v) is 3.39. The van der Waals surface area contributed by atoms with Crippen LogP contribution in [0.1, 0.15) is 13.3 Å². The average molecular weight is 226 g/mol. The molecule has 0 atom stereocenters. The summed E-state index contributed by atoms with van der Waals surface area (Å²) >= 11 is 0. The zero-order valence-corrected chi connectivity index (χ0v) is 10.0. The molecule has 2 heterocycles. The minimum atomic E-state index is 0.100. The van der Waals surface area contributed by atoms with E-state index in [9.17, 15) is 4.79 Å². The highest BCUT2D eigenvalue weighted by atomic mass is 16.2. The quantitative estimate of drug-likeness (QED) is 0.653. The van der Waals surface area contributed by atoms with Crippen LogP contribution in [0.3, 0.4) is 0 Å².